The van der Waals surface area contributed by atoms with Crippen molar-refractivity contribution in [2.45, 2.75) is 19.9 Å². The summed E-state index contributed by atoms with van der Waals surface area (Å²) in [6.07, 6.45) is 0. The standard InChI is InChI=1S/C13H13BrClNS/c1-7-9(4-3-5-11(7)15)13(16)12-6-10(14)8(2)17-12/h3-6,13H,16H2,1-2H3. The van der Waals surface area contributed by atoms with E-state index in [0.717, 1.165) is 25.5 Å². The molecule has 90 valence electrons. The van der Waals surface area contributed by atoms with E-state index in [2.05, 4.69) is 28.9 Å². The molecule has 17 heavy (non-hydrogen) atoms. The van der Waals surface area contributed by atoms with E-state index in [1.165, 1.54) is 4.88 Å². The van der Waals surface area contributed by atoms with Crippen molar-refractivity contribution in [3.05, 3.63) is 54.6 Å². The van der Waals surface area contributed by atoms with Crippen molar-refractivity contribution in [1.82, 2.24) is 0 Å². The van der Waals surface area contributed by atoms with E-state index in [9.17, 15) is 0 Å². The molecule has 0 aliphatic heterocycles. The second-order valence-corrected chi connectivity index (χ2v) is 6.53. The van der Waals surface area contributed by atoms with Gasteiger partial charge in [0.2, 0.25) is 0 Å². The van der Waals surface area contributed by atoms with Gasteiger partial charge in [-0.25, -0.2) is 0 Å². The second-order valence-electron chi connectivity index (χ2n) is 3.98. The van der Waals surface area contributed by atoms with Gasteiger partial charge >= 0.3 is 0 Å². The first kappa shape index (κ1) is 13.1. The molecular formula is C13H13BrClNS. The molecule has 0 aliphatic rings. The lowest BCUT2D eigenvalue weighted by atomic mass is 10.0. The molecule has 1 nitrogen and oxygen atoms in total. The summed E-state index contributed by atoms with van der Waals surface area (Å²) in [7, 11) is 0. The third-order valence-electron chi connectivity index (χ3n) is 2.83. The normalized spacial score (nSPS) is 12.8. The quantitative estimate of drug-likeness (QED) is 0.838. The molecule has 0 radical (unpaired) electrons. The zero-order valence-corrected chi connectivity index (χ0v) is 12.8. The Kier molecular flexibility index (Phi) is 3.93. The van der Waals surface area contributed by atoms with Crippen molar-refractivity contribution < 1.29 is 0 Å². The number of halogens is 2. The van der Waals surface area contributed by atoms with Crippen LogP contribution in [0, 0.1) is 13.8 Å². The van der Waals surface area contributed by atoms with Crippen LogP contribution in [0.15, 0.2) is 28.7 Å². The Morgan fingerprint density at radius 3 is 2.65 bits per heavy atom. The number of rotatable bonds is 2. The average Bonchev–Trinajstić information content (AvgIpc) is 2.62. The fourth-order valence-electron chi connectivity index (χ4n) is 1.75. The first-order valence-electron chi connectivity index (χ1n) is 5.27. The molecule has 0 amide bonds. The maximum Gasteiger partial charge on any atom is 0.0649 e. The smallest absolute Gasteiger partial charge is 0.0649 e. The van der Waals surface area contributed by atoms with Gasteiger partial charge in [-0.3, -0.25) is 0 Å². The fraction of sp³-hybridized carbons (Fsp3) is 0.231. The van der Waals surface area contributed by atoms with E-state index < -0.39 is 0 Å². The van der Waals surface area contributed by atoms with Crippen molar-refractivity contribution in [2.24, 2.45) is 5.73 Å². The summed E-state index contributed by atoms with van der Waals surface area (Å²) >= 11 is 11.4. The van der Waals surface area contributed by atoms with Gasteiger partial charge in [-0.1, -0.05) is 23.7 Å². The minimum Gasteiger partial charge on any atom is -0.320 e. The van der Waals surface area contributed by atoms with Gasteiger partial charge in [0.1, 0.15) is 0 Å². The summed E-state index contributed by atoms with van der Waals surface area (Å²) in [6, 6.07) is 7.85. The highest BCUT2D eigenvalue weighted by Crippen LogP contribution is 2.34. The second kappa shape index (κ2) is 5.11. The molecule has 0 bridgehead atoms. The highest BCUT2D eigenvalue weighted by atomic mass is 79.9. The highest BCUT2D eigenvalue weighted by Gasteiger charge is 2.15. The molecule has 1 unspecified atom stereocenters. The Hall–Kier alpha value is -0.350. The van der Waals surface area contributed by atoms with Gasteiger partial charge < -0.3 is 5.73 Å². The summed E-state index contributed by atoms with van der Waals surface area (Å²) < 4.78 is 1.12. The largest absolute Gasteiger partial charge is 0.320 e. The third-order valence-corrected chi connectivity index (χ3v) is 5.46. The molecule has 1 atom stereocenters. The van der Waals surface area contributed by atoms with E-state index in [-0.39, 0.29) is 6.04 Å². The van der Waals surface area contributed by atoms with Crippen LogP contribution in [0.4, 0.5) is 0 Å². The highest BCUT2D eigenvalue weighted by molar-refractivity contribution is 9.10. The molecule has 1 aromatic carbocycles. The van der Waals surface area contributed by atoms with Crippen LogP contribution in [0.3, 0.4) is 0 Å². The molecule has 0 spiro atoms. The zero-order valence-electron chi connectivity index (χ0n) is 9.63. The van der Waals surface area contributed by atoms with Crippen LogP contribution >= 0.6 is 38.9 Å². The molecule has 1 heterocycles. The Morgan fingerprint density at radius 2 is 2.06 bits per heavy atom. The van der Waals surface area contributed by atoms with Gasteiger partial charge in [0.25, 0.3) is 0 Å². The van der Waals surface area contributed by atoms with Crippen LogP contribution in [0.2, 0.25) is 5.02 Å². The van der Waals surface area contributed by atoms with E-state index in [1.807, 2.05) is 25.1 Å². The van der Waals surface area contributed by atoms with Gasteiger partial charge in [0.15, 0.2) is 0 Å². The van der Waals surface area contributed by atoms with E-state index in [1.54, 1.807) is 11.3 Å². The molecule has 0 fully saturated rings. The maximum atomic E-state index is 6.30. The summed E-state index contributed by atoms with van der Waals surface area (Å²) in [5, 5.41) is 0.769. The Morgan fingerprint density at radius 1 is 1.35 bits per heavy atom. The van der Waals surface area contributed by atoms with E-state index in [0.29, 0.717) is 0 Å². The van der Waals surface area contributed by atoms with Crippen LogP contribution < -0.4 is 5.73 Å². The third kappa shape index (κ3) is 2.58. The summed E-state index contributed by atoms with van der Waals surface area (Å²) in [6.45, 7) is 4.09. The Balaban J connectivity index is 2.43. The van der Waals surface area contributed by atoms with Gasteiger partial charge in [0.05, 0.1) is 6.04 Å². The maximum absolute atomic E-state index is 6.30. The molecular weight excluding hydrogens is 318 g/mol. The van der Waals surface area contributed by atoms with Gasteiger partial charge in [-0.15, -0.1) is 11.3 Å². The fourth-order valence-corrected chi connectivity index (χ4v) is 3.51. The van der Waals surface area contributed by atoms with E-state index >= 15 is 0 Å². The predicted octanol–water partition coefficient (Wildman–Crippen LogP) is 4.83. The lowest BCUT2D eigenvalue weighted by molar-refractivity contribution is 0.882. The van der Waals surface area contributed by atoms with Crippen LogP contribution in [-0.2, 0) is 0 Å². The minimum absolute atomic E-state index is 0.108. The molecule has 2 aromatic rings. The lowest BCUT2D eigenvalue weighted by Gasteiger charge is -2.14. The predicted molar refractivity (Wildman–Crippen MR) is 79.0 cm³/mol. The molecule has 0 saturated carbocycles. The van der Waals surface area contributed by atoms with Gasteiger partial charge in [-0.05, 0) is 53.0 Å². The Labute approximate surface area is 119 Å². The number of thiophene rings is 1. The van der Waals surface area contributed by atoms with Crippen molar-refractivity contribution in [3.63, 3.8) is 0 Å². The monoisotopic (exact) mass is 329 g/mol. The average molecular weight is 331 g/mol. The number of benzene rings is 1. The van der Waals surface area contributed by atoms with Gasteiger partial charge in [0, 0.05) is 19.2 Å². The summed E-state index contributed by atoms with van der Waals surface area (Å²) in [4.78, 5) is 2.40. The van der Waals surface area contributed by atoms with Crippen LogP contribution in [-0.4, -0.2) is 0 Å². The van der Waals surface area contributed by atoms with Crippen LogP contribution in [0.25, 0.3) is 0 Å². The van der Waals surface area contributed by atoms with Crippen molar-refractivity contribution >= 4 is 38.9 Å². The molecule has 0 saturated heterocycles. The molecule has 2 N–H and O–H groups in total. The summed E-state index contributed by atoms with van der Waals surface area (Å²) in [5.41, 5.74) is 8.45. The Bertz CT molecular complexity index is 531. The number of hydrogen-bond donors (Lipinski definition) is 1. The topological polar surface area (TPSA) is 26.0 Å². The minimum atomic E-state index is -0.108. The van der Waals surface area contributed by atoms with Crippen LogP contribution in [0.1, 0.15) is 26.9 Å². The van der Waals surface area contributed by atoms with Crippen molar-refractivity contribution in [2.75, 3.05) is 0 Å². The number of aryl methyl sites for hydroxylation is 1. The van der Waals surface area contributed by atoms with Gasteiger partial charge in [-0.2, -0.15) is 0 Å². The van der Waals surface area contributed by atoms with Crippen LogP contribution in [0.5, 0.6) is 0 Å². The molecule has 0 aliphatic carbocycles. The van der Waals surface area contributed by atoms with Crippen molar-refractivity contribution in [3.8, 4) is 0 Å². The number of hydrogen-bond acceptors (Lipinski definition) is 2. The first-order chi connectivity index (χ1) is 8.00. The SMILES string of the molecule is Cc1sc(C(N)c2cccc(Cl)c2C)cc1Br. The number of nitrogens with two attached hydrogens (primary N) is 1. The molecule has 4 heteroatoms. The lowest BCUT2D eigenvalue weighted by Crippen LogP contribution is -2.11. The summed E-state index contributed by atoms with van der Waals surface area (Å²) in [5.74, 6) is 0. The molecule has 1 aromatic heterocycles. The zero-order chi connectivity index (χ0) is 12.6. The first-order valence-corrected chi connectivity index (χ1v) is 7.26. The van der Waals surface area contributed by atoms with Crippen molar-refractivity contribution in [1.29, 1.82) is 0 Å². The van der Waals surface area contributed by atoms with E-state index in [4.69, 9.17) is 17.3 Å². The molecule has 2 rings (SSSR count).